The summed E-state index contributed by atoms with van der Waals surface area (Å²) >= 11 is 0. The molecular weight excluding hydrogens is 222 g/mol. The number of likely N-dealkylation sites (tertiary alicyclic amines) is 1. The van der Waals surface area contributed by atoms with Gasteiger partial charge in [0.05, 0.1) is 5.69 Å². The van der Waals surface area contributed by atoms with Crippen LogP contribution >= 0.6 is 0 Å². The first kappa shape index (κ1) is 11.7. The van der Waals surface area contributed by atoms with Gasteiger partial charge in [-0.15, -0.1) is 0 Å². The van der Waals surface area contributed by atoms with Gasteiger partial charge in [0.2, 0.25) is 0 Å². The Kier molecular flexibility index (Phi) is 3.33. The lowest BCUT2D eigenvalue weighted by molar-refractivity contribution is 0.231. The SMILES string of the molecule is Cc1cccc2nc(CCN3CCCCC3)cn12. The van der Waals surface area contributed by atoms with Crippen molar-refractivity contribution in [3.63, 3.8) is 0 Å². The molecule has 0 aromatic carbocycles. The molecule has 1 saturated heterocycles. The maximum atomic E-state index is 4.69. The van der Waals surface area contributed by atoms with Crippen LogP contribution in [0.1, 0.15) is 30.7 Å². The Morgan fingerprint density at radius 3 is 2.78 bits per heavy atom. The van der Waals surface area contributed by atoms with Crippen molar-refractivity contribution in [2.75, 3.05) is 19.6 Å². The minimum absolute atomic E-state index is 1.07. The Labute approximate surface area is 108 Å². The van der Waals surface area contributed by atoms with Crippen LogP contribution in [0.15, 0.2) is 24.4 Å². The van der Waals surface area contributed by atoms with E-state index in [4.69, 9.17) is 4.98 Å². The first-order valence-corrected chi connectivity index (χ1v) is 6.99. The predicted molar refractivity (Wildman–Crippen MR) is 73.9 cm³/mol. The normalized spacial score (nSPS) is 17.4. The number of aromatic nitrogens is 2. The summed E-state index contributed by atoms with van der Waals surface area (Å²) in [6, 6.07) is 6.28. The zero-order valence-corrected chi connectivity index (χ0v) is 11.1. The summed E-state index contributed by atoms with van der Waals surface area (Å²) in [6.45, 7) is 5.82. The Bertz CT molecular complexity index is 524. The topological polar surface area (TPSA) is 20.5 Å². The molecule has 2 aromatic rings. The van der Waals surface area contributed by atoms with Crippen molar-refractivity contribution in [3.05, 3.63) is 35.8 Å². The number of hydrogen-bond acceptors (Lipinski definition) is 2. The second-order valence-corrected chi connectivity index (χ2v) is 5.28. The molecule has 3 rings (SSSR count). The zero-order chi connectivity index (χ0) is 12.4. The summed E-state index contributed by atoms with van der Waals surface area (Å²) in [6.07, 6.45) is 7.40. The largest absolute Gasteiger partial charge is 0.304 e. The van der Waals surface area contributed by atoms with Crippen LogP contribution in [0.25, 0.3) is 5.65 Å². The highest BCUT2D eigenvalue weighted by Crippen LogP contribution is 2.12. The summed E-state index contributed by atoms with van der Waals surface area (Å²) in [5, 5.41) is 0. The second kappa shape index (κ2) is 5.11. The van der Waals surface area contributed by atoms with Gasteiger partial charge in [0.1, 0.15) is 5.65 Å². The van der Waals surface area contributed by atoms with Crippen LogP contribution in [0.2, 0.25) is 0 Å². The van der Waals surface area contributed by atoms with Gasteiger partial charge in [0.25, 0.3) is 0 Å². The third-order valence-electron chi connectivity index (χ3n) is 3.88. The van der Waals surface area contributed by atoms with Gasteiger partial charge in [0.15, 0.2) is 0 Å². The van der Waals surface area contributed by atoms with Crippen LogP contribution in [-0.2, 0) is 6.42 Å². The number of fused-ring (bicyclic) bond motifs is 1. The van der Waals surface area contributed by atoms with Crippen molar-refractivity contribution in [3.8, 4) is 0 Å². The molecule has 0 aliphatic carbocycles. The highest BCUT2D eigenvalue weighted by molar-refractivity contribution is 5.41. The van der Waals surface area contributed by atoms with E-state index in [9.17, 15) is 0 Å². The number of aryl methyl sites for hydroxylation is 1. The van der Waals surface area contributed by atoms with Crippen LogP contribution in [0.4, 0.5) is 0 Å². The summed E-state index contributed by atoms with van der Waals surface area (Å²) < 4.78 is 2.19. The summed E-state index contributed by atoms with van der Waals surface area (Å²) in [4.78, 5) is 7.26. The minimum Gasteiger partial charge on any atom is -0.304 e. The van der Waals surface area contributed by atoms with E-state index >= 15 is 0 Å². The Morgan fingerprint density at radius 2 is 2.00 bits per heavy atom. The summed E-state index contributed by atoms with van der Waals surface area (Å²) in [5.41, 5.74) is 3.54. The lowest BCUT2D eigenvalue weighted by Gasteiger charge is -2.25. The molecule has 18 heavy (non-hydrogen) atoms. The lowest BCUT2D eigenvalue weighted by atomic mass is 10.1. The van der Waals surface area contributed by atoms with Crippen molar-refractivity contribution in [1.29, 1.82) is 0 Å². The van der Waals surface area contributed by atoms with Crippen molar-refractivity contribution < 1.29 is 0 Å². The molecule has 0 radical (unpaired) electrons. The van der Waals surface area contributed by atoms with Gasteiger partial charge in [-0.25, -0.2) is 4.98 Å². The van der Waals surface area contributed by atoms with Gasteiger partial charge in [-0.3, -0.25) is 0 Å². The molecule has 0 N–H and O–H groups in total. The molecule has 0 saturated carbocycles. The fourth-order valence-corrected chi connectivity index (χ4v) is 2.77. The first-order valence-electron chi connectivity index (χ1n) is 6.99. The van der Waals surface area contributed by atoms with E-state index in [0.717, 1.165) is 18.6 Å². The molecule has 3 heteroatoms. The van der Waals surface area contributed by atoms with Crippen LogP contribution in [-0.4, -0.2) is 33.9 Å². The van der Waals surface area contributed by atoms with Gasteiger partial charge in [0, 0.05) is 24.9 Å². The molecule has 3 heterocycles. The Hall–Kier alpha value is -1.35. The maximum Gasteiger partial charge on any atom is 0.137 e. The fraction of sp³-hybridized carbons (Fsp3) is 0.533. The molecule has 0 bridgehead atoms. The van der Waals surface area contributed by atoms with E-state index in [1.165, 1.54) is 43.7 Å². The average molecular weight is 243 g/mol. The molecule has 96 valence electrons. The minimum atomic E-state index is 1.07. The van der Waals surface area contributed by atoms with E-state index in [1.807, 2.05) is 0 Å². The van der Waals surface area contributed by atoms with Crippen LogP contribution < -0.4 is 0 Å². The number of rotatable bonds is 3. The monoisotopic (exact) mass is 243 g/mol. The first-order chi connectivity index (χ1) is 8.83. The molecule has 1 aliphatic rings. The highest BCUT2D eigenvalue weighted by atomic mass is 15.1. The summed E-state index contributed by atoms with van der Waals surface area (Å²) in [7, 11) is 0. The number of piperidine rings is 1. The van der Waals surface area contributed by atoms with Crippen molar-refractivity contribution in [2.24, 2.45) is 0 Å². The van der Waals surface area contributed by atoms with Crippen LogP contribution in [0.3, 0.4) is 0 Å². The number of imidazole rings is 1. The van der Waals surface area contributed by atoms with E-state index in [-0.39, 0.29) is 0 Å². The Morgan fingerprint density at radius 1 is 1.17 bits per heavy atom. The van der Waals surface area contributed by atoms with Crippen molar-refractivity contribution in [1.82, 2.24) is 14.3 Å². The van der Waals surface area contributed by atoms with Crippen molar-refractivity contribution >= 4 is 5.65 Å². The molecule has 0 spiro atoms. The molecule has 0 amide bonds. The fourth-order valence-electron chi connectivity index (χ4n) is 2.77. The smallest absolute Gasteiger partial charge is 0.137 e. The van der Waals surface area contributed by atoms with E-state index in [0.29, 0.717) is 0 Å². The highest BCUT2D eigenvalue weighted by Gasteiger charge is 2.10. The Balaban J connectivity index is 1.69. The van der Waals surface area contributed by atoms with E-state index < -0.39 is 0 Å². The number of hydrogen-bond donors (Lipinski definition) is 0. The number of pyridine rings is 1. The van der Waals surface area contributed by atoms with E-state index in [2.05, 4.69) is 40.6 Å². The van der Waals surface area contributed by atoms with Gasteiger partial charge in [-0.05, 0) is 45.0 Å². The van der Waals surface area contributed by atoms with Gasteiger partial charge in [-0.1, -0.05) is 12.5 Å². The van der Waals surface area contributed by atoms with E-state index in [1.54, 1.807) is 0 Å². The zero-order valence-electron chi connectivity index (χ0n) is 11.1. The second-order valence-electron chi connectivity index (χ2n) is 5.28. The van der Waals surface area contributed by atoms with Crippen LogP contribution in [0, 0.1) is 6.92 Å². The molecule has 2 aromatic heterocycles. The standard InChI is InChI=1S/C15H21N3/c1-13-6-5-7-15-16-14(12-18(13)15)8-11-17-9-3-2-4-10-17/h5-7,12H,2-4,8-11H2,1H3. The van der Waals surface area contributed by atoms with Crippen LogP contribution in [0.5, 0.6) is 0 Å². The molecule has 3 nitrogen and oxygen atoms in total. The average Bonchev–Trinajstić information content (AvgIpc) is 2.82. The molecule has 1 aliphatic heterocycles. The van der Waals surface area contributed by atoms with Gasteiger partial charge < -0.3 is 9.30 Å². The predicted octanol–water partition coefficient (Wildman–Crippen LogP) is 2.67. The lowest BCUT2D eigenvalue weighted by Crippen LogP contribution is -2.31. The third-order valence-corrected chi connectivity index (χ3v) is 3.88. The molecule has 0 atom stereocenters. The molecule has 0 unspecified atom stereocenters. The quantitative estimate of drug-likeness (QED) is 0.826. The molecule has 1 fully saturated rings. The molecular formula is C15H21N3. The van der Waals surface area contributed by atoms with Gasteiger partial charge >= 0.3 is 0 Å². The van der Waals surface area contributed by atoms with Crippen molar-refractivity contribution in [2.45, 2.75) is 32.6 Å². The maximum absolute atomic E-state index is 4.69. The van der Waals surface area contributed by atoms with Gasteiger partial charge in [-0.2, -0.15) is 0 Å². The third kappa shape index (κ3) is 2.41. The number of nitrogens with zero attached hydrogens (tertiary/aromatic N) is 3. The summed E-state index contributed by atoms with van der Waals surface area (Å²) in [5.74, 6) is 0.